The molecule has 0 N–H and O–H groups in total. The van der Waals surface area contributed by atoms with Gasteiger partial charge in [0.15, 0.2) is 0 Å². The molecule has 262 valence electrons. The lowest BCUT2D eigenvalue weighted by molar-refractivity contribution is 0.660. The van der Waals surface area contributed by atoms with Gasteiger partial charge in [-0.1, -0.05) is 111 Å². The minimum Gasteiger partial charge on any atom is -0.456 e. The molecule has 55 heavy (non-hydrogen) atoms. The Bertz CT molecular complexity index is 3050. The summed E-state index contributed by atoms with van der Waals surface area (Å²) in [6.07, 6.45) is 0. The molecular formula is C51H36N2OS. The van der Waals surface area contributed by atoms with E-state index in [2.05, 4.69) is 194 Å². The molecule has 0 radical (unpaired) electrons. The Morgan fingerprint density at radius 2 is 1.04 bits per heavy atom. The Balaban J connectivity index is 1.11. The molecule has 8 aromatic carbocycles. The van der Waals surface area contributed by atoms with Gasteiger partial charge in [0.2, 0.25) is 0 Å². The molecule has 1 aliphatic rings. The minimum atomic E-state index is -0.0659. The van der Waals surface area contributed by atoms with Crippen molar-refractivity contribution < 1.29 is 4.42 Å². The van der Waals surface area contributed by atoms with Crippen molar-refractivity contribution in [2.75, 3.05) is 9.80 Å². The van der Waals surface area contributed by atoms with Crippen LogP contribution in [-0.4, -0.2) is 0 Å². The third kappa shape index (κ3) is 4.95. The lowest BCUT2D eigenvalue weighted by Gasteiger charge is -2.27. The van der Waals surface area contributed by atoms with Crippen molar-refractivity contribution in [3.63, 3.8) is 0 Å². The van der Waals surface area contributed by atoms with Crippen LogP contribution in [0.25, 0.3) is 53.2 Å². The highest BCUT2D eigenvalue weighted by Gasteiger charge is 2.35. The van der Waals surface area contributed by atoms with Gasteiger partial charge in [0.25, 0.3) is 0 Å². The Kier molecular flexibility index (Phi) is 7.07. The molecule has 4 heteroatoms. The third-order valence-corrected chi connectivity index (χ3v) is 12.6. The zero-order valence-electron chi connectivity index (χ0n) is 30.5. The lowest BCUT2D eigenvalue weighted by Crippen LogP contribution is -2.15. The Morgan fingerprint density at radius 1 is 0.418 bits per heavy atom. The molecule has 2 aromatic heterocycles. The molecule has 0 bridgehead atoms. The molecule has 0 spiro atoms. The topological polar surface area (TPSA) is 19.6 Å². The molecule has 0 saturated heterocycles. The summed E-state index contributed by atoms with van der Waals surface area (Å²) in [6.45, 7) is 4.68. The van der Waals surface area contributed by atoms with E-state index in [1.807, 2.05) is 23.5 Å². The predicted molar refractivity (Wildman–Crippen MR) is 234 cm³/mol. The first kappa shape index (κ1) is 31.9. The molecule has 0 saturated carbocycles. The second kappa shape index (κ2) is 12.2. The fraction of sp³-hybridized carbons (Fsp3) is 0.0588. The van der Waals surface area contributed by atoms with Gasteiger partial charge in [0, 0.05) is 70.9 Å². The Hall–Kier alpha value is -6.62. The summed E-state index contributed by atoms with van der Waals surface area (Å²) < 4.78 is 8.95. The van der Waals surface area contributed by atoms with Gasteiger partial charge in [-0.15, -0.1) is 11.3 Å². The smallest absolute Gasteiger partial charge is 0.137 e. The number of hydrogen-bond acceptors (Lipinski definition) is 4. The number of nitrogens with zero attached hydrogens (tertiary/aromatic N) is 2. The van der Waals surface area contributed by atoms with Gasteiger partial charge in [0.05, 0.1) is 5.69 Å². The van der Waals surface area contributed by atoms with Crippen LogP contribution in [0.2, 0.25) is 0 Å². The summed E-state index contributed by atoms with van der Waals surface area (Å²) in [5.74, 6) is 0. The van der Waals surface area contributed by atoms with E-state index in [1.54, 1.807) is 0 Å². The number of hydrogen-bond donors (Lipinski definition) is 0. The summed E-state index contributed by atoms with van der Waals surface area (Å²) in [5.41, 5.74) is 13.8. The fourth-order valence-corrected chi connectivity index (χ4v) is 10.0. The molecule has 3 nitrogen and oxygen atoms in total. The summed E-state index contributed by atoms with van der Waals surface area (Å²) in [5, 5.41) is 4.76. The number of fused-ring (bicyclic) bond motifs is 9. The Labute approximate surface area is 323 Å². The highest BCUT2D eigenvalue weighted by atomic mass is 32.1. The molecule has 0 fully saturated rings. The van der Waals surface area contributed by atoms with Crippen LogP contribution in [0.5, 0.6) is 0 Å². The Morgan fingerprint density at radius 3 is 1.84 bits per heavy atom. The number of thiophene rings is 1. The number of rotatable bonds is 6. The van der Waals surface area contributed by atoms with Gasteiger partial charge in [-0.2, -0.15) is 0 Å². The highest BCUT2D eigenvalue weighted by Crippen LogP contribution is 2.52. The maximum atomic E-state index is 6.45. The number of anilines is 6. The average Bonchev–Trinajstić information content (AvgIpc) is 3.86. The first-order valence-electron chi connectivity index (χ1n) is 18.8. The van der Waals surface area contributed by atoms with Crippen molar-refractivity contribution >= 4 is 87.6 Å². The van der Waals surface area contributed by atoms with E-state index in [1.165, 1.54) is 48.1 Å². The van der Waals surface area contributed by atoms with Gasteiger partial charge in [-0.3, -0.25) is 0 Å². The van der Waals surface area contributed by atoms with E-state index in [4.69, 9.17) is 4.42 Å². The zero-order chi connectivity index (χ0) is 36.7. The molecule has 2 heterocycles. The quantitative estimate of drug-likeness (QED) is 0.170. The van der Waals surface area contributed by atoms with E-state index in [0.717, 1.165) is 50.4 Å². The zero-order valence-corrected chi connectivity index (χ0v) is 31.3. The standard InChI is InChI=1S/C51H36N2OS/c1-51(2)43-20-11-9-18-38(43)42-30-35(26-29-44(42)51)52(36-24-27-40-39-19-10-12-22-46(39)54-47(40)31-36)37-25-28-41-49(32-37)55-48-23-13-21-45(50(41)48)53(33-14-5-3-6-15-33)34-16-7-4-8-17-34/h3-32H,1-2H3. The second-order valence-electron chi connectivity index (χ2n) is 15.0. The van der Waals surface area contributed by atoms with Crippen LogP contribution in [0.15, 0.2) is 186 Å². The summed E-state index contributed by atoms with van der Waals surface area (Å²) in [4.78, 5) is 4.77. The van der Waals surface area contributed by atoms with Crippen LogP contribution < -0.4 is 9.80 Å². The monoisotopic (exact) mass is 724 g/mol. The van der Waals surface area contributed by atoms with Crippen LogP contribution in [0, 0.1) is 0 Å². The van der Waals surface area contributed by atoms with Crippen molar-refractivity contribution in [2.45, 2.75) is 19.3 Å². The molecule has 11 rings (SSSR count). The second-order valence-corrected chi connectivity index (χ2v) is 16.0. The molecule has 0 unspecified atom stereocenters. The van der Waals surface area contributed by atoms with Gasteiger partial charge >= 0.3 is 0 Å². The van der Waals surface area contributed by atoms with Crippen molar-refractivity contribution in [2.24, 2.45) is 0 Å². The molecule has 0 amide bonds. The first-order chi connectivity index (χ1) is 27.0. The SMILES string of the molecule is CC1(C)c2ccccc2-c2cc(N(c3ccc4c(c3)oc3ccccc34)c3ccc4c(c3)sc3cccc(N(c5ccccc5)c5ccccc5)c34)ccc21. The molecular weight excluding hydrogens is 689 g/mol. The molecule has 1 aliphatic carbocycles. The van der Waals surface area contributed by atoms with Gasteiger partial charge < -0.3 is 14.2 Å². The molecule has 0 aliphatic heterocycles. The maximum absolute atomic E-state index is 6.45. The number of furan rings is 1. The van der Waals surface area contributed by atoms with E-state index in [-0.39, 0.29) is 5.41 Å². The van der Waals surface area contributed by atoms with Crippen LogP contribution in [0.1, 0.15) is 25.0 Å². The van der Waals surface area contributed by atoms with E-state index >= 15 is 0 Å². The summed E-state index contributed by atoms with van der Waals surface area (Å²) in [7, 11) is 0. The van der Waals surface area contributed by atoms with Gasteiger partial charge in [-0.25, -0.2) is 0 Å². The lowest BCUT2D eigenvalue weighted by atomic mass is 9.82. The van der Waals surface area contributed by atoms with Crippen LogP contribution in [0.3, 0.4) is 0 Å². The summed E-state index contributed by atoms with van der Waals surface area (Å²) >= 11 is 1.85. The highest BCUT2D eigenvalue weighted by molar-refractivity contribution is 7.26. The third-order valence-electron chi connectivity index (χ3n) is 11.4. The van der Waals surface area contributed by atoms with Crippen LogP contribution in [0.4, 0.5) is 34.1 Å². The van der Waals surface area contributed by atoms with Crippen LogP contribution >= 0.6 is 11.3 Å². The maximum Gasteiger partial charge on any atom is 0.137 e. The number of benzene rings is 8. The van der Waals surface area contributed by atoms with Crippen molar-refractivity contribution in [3.05, 3.63) is 193 Å². The van der Waals surface area contributed by atoms with Crippen molar-refractivity contribution in [1.82, 2.24) is 0 Å². The minimum absolute atomic E-state index is 0.0659. The number of para-hydroxylation sites is 3. The van der Waals surface area contributed by atoms with E-state index in [9.17, 15) is 0 Å². The van der Waals surface area contributed by atoms with Crippen molar-refractivity contribution in [3.8, 4) is 11.1 Å². The first-order valence-corrected chi connectivity index (χ1v) is 19.7. The summed E-state index contributed by atoms with van der Waals surface area (Å²) in [6, 6.07) is 65.8. The predicted octanol–water partition coefficient (Wildman–Crippen LogP) is 15.2. The average molecular weight is 725 g/mol. The van der Waals surface area contributed by atoms with Crippen LogP contribution in [-0.2, 0) is 5.41 Å². The van der Waals surface area contributed by atoms with Gasteiger partial charge in [0.1, 0.15) is 11.2 Å². The van der Waals surface area contributed by atoms with Crippen molar-refractivity contribution in [1.29, 1.82) is 0 Å². The largest absolute Gasteiger partial charge is 0.456 e. The fourth-order valence-electron chi connectivity index (χ4n) is 8.85. The van der Waals surface area contributed by atoms with Gasteiger partial charge in [-0.05, 0) is 101 Å². The molecule has 0 atom stereocenters. The van der Waals surface area contributed by atoms with E-state index < -0.39 is 0 Å². The molecule has 10 aromatic rings. The van der Waals surface area contributed by atoms with E-state index in [0.29, 0.717) is 0 Å². The normalized spacial score (nSPS) is 13.1.